The summed E-state index contributed by atoms with van der Waals surface area (Å²) in [4.78, 5) is 27.8. The Hall–Kier alpha value is -4.48. The molecule has 3 N–H and O–H groups in total. The highest BCUT2D eigenvalue weighted by Gasteiger charge is 2.25. The van der Waals surface area contributed by atoms with Crippen LogP contribution in [0.3, 0.4) is 0 Å². The summed E-state index contributed by atoms with van der Waals surface area (Å²) in [6.07, 6.45) is 2.09. The minimum atomic E-state index is -0.482. The van der Waals surface area contributed by atoms with Crippen molar-refractivity contribution in [3.63, 3.8) is 0 Å². The van der Waals surface area contributed by atoms with Gasteiger partial charge in [-0.1, -0.05) is 13.8 Å². The predicted molar refractivity (Wildman–Crippen MR) is 165 cm³/mol. The Kier molecular flexibility index (Phi) is 11.3. The highest BCUT2D eigenvalue weighted by molar-refractivity contribution is 5.94. The van der Waals surface area contributed by atoms with E-state index in [1.165, 1.54) is 12.1 Å². The van der Waals surface area contributed by atoms with Crippen LogP contribution in [0.4, 0.5) is 22.7 Å². The van der Waals surface area contributed by atoms with E-state index in [0.717, 1.165) is 70.9 Å². The number of nitro benzene ring substituents is 2. The van der Waals surface area contributed by atoms with Gasteiger partial charge in [0.15, 0.2) is 11.0 Å². The Balaban J connectivity index is 0.000000201. The van der Waals surface area contributed by atoms with Crippen LogP contribution < -0.4 is 16.0 Å². The van der Waals surface area contributed by atoms with Crippen molar-refractivity contribution in [1.82, 2.24) is 30.4 Å². The van der Waals surface area contributed by atoms with Crippen LogP contribution in [-0.4, -0.2) is 105 Å². The second-order valence-electron chi connectivity index (χ2n) is 10.5. The molecule has 0 bridgehead atoms. The Morgan fingerprint density at radius 1 is 0.909 bits per heavy atom. The maximum atomic E-state index is 11.0. The summed E-state index contributed by atoms with van der Waals surface area (Å²) in [5, 5.41) is 40.2. The first kappa shape index (κ1) is 32.4. The molecule has 17 heteroatoms. The van der Waals surface area contributed by atoms with Crippen molar-refractivity contribution in [1.29, 1.82) is 0 Å². The zero-order chi connectivity index (χ0) is 31.6. The van der Waals surface area contributed by atoms with Gasteiger partial charge in [0, 0.05) is 57.4 Å². The number of nitrogens with one attached hydrogen (secondary N) is 1. The normalized spacial score (nSPS) is 14.5. The summed E-state index contributed by atoms with van der Waals surface area (Å²) in [7, 11) is 0. The molecule has 0 saturated carbocycles. The van der Waals surface area contributed by atoms with E-state index >= 15 is 0 Å². The number of anilines is 2. The second-order valence-corrected chi connectivity index (χ2v) is 10.5. The number of fused-ring (bicyclic) bond motifs is 2. The monoisotopic (exact) mass is 613 g/mol. The van der Waals surface area contributed by atoms with Crippen molar-refractivity contribution in [3.8, 4) is 0 Å². The summed E-state index contributed by atoms with van der Waals surface area (Å²) >= 11 is 0. The van der Waals surface area contributed by atoms with Crippen molar-refractivity contribution >= 4 is 44.8 Å². The summed E-state index contributed by atoms with van der Waals surface area (Å²) in [6.45, 7) is 14.6. The Morgan fingerprint density at radius 3 is 2.07 bits per heavy atom. The van der Waals surface area contributed by atoms with E-state index in [2.05, 4.69) is 70.7 Å². The molecule has 17 nitrogen and oxygen atoms in total. The van der Waals surface area contributed by atoms with E-state index in [4.69, 9.17) is 5.73 Å². The molecule has 1 aliphatic heterocycles. The number of nitrogens with zero attached hydrogens (tertiary/aromatic N) is 9. The molecule has 1 fully saturated rings. The summed E-state index contributed by atoms with van der Waals surface area (Å²) in [5.41, 5.74) is 8.12. The quantitative estimate of drug-likeness (QED) is 0.164. The van der Waals surface area contributed by atoms with Crippen molar-refractivity contribution in [3.05, 3.63) is 44.5 Å². The van der Waals surface area contributed by atoms with Crippen LogP contribution in [0.25, 0.3) is 22.1 Å². The number of nitro groups is 2. The molecule has 4 aromatic rings. The molecule has 238 valence electrons. The van der Waals surface area contributed by atoms with Crippen LogP contribution in [0.1, 0.15) is 33.6 Å². The summed E-state index contributed by atoms with van der Waals surface area (Å²) in [6, 6.07) is 6.48. The lowest BCUT2D eigenvalue weighted by Gasteiger charge is -2.35. The molecule has 0 amide bonds. The van der Waals surface area contributed by atoms with Crippen LogP contribution in [-0.2, 0) is 0 Å². The standard InChI is InChI=1S/C15H23N5O3.C12H16N6O3/c1-4-19(5-2)10-6-7-11(3)16-12-8-9-13(20(21)22)15-14(12)17-23-18-15;13-3-4-16-5-7-17(8-6-16)9-1-2-10(18(19)20)12-11(9)14-21-15-12/h8-9,11,16H,4-7,10H2,1-3H3;1-2H,3-8,13H2. The molecule has 0 aliphatic carbocycles. The fourth-order valence-electron chi connectivity index (χ4n) is 5.25. The van der Waals surface area contributed by atoms with E-state index < -0.39 is 9.85 Å². The molecule has 3 heterocycles. The third-order valence-electron chi connectivity index (χ3n) is 7.73. The second kappa shape index (κ2) is 15.3. The van der Waals surface area contributed by atoms with Crippen LogP contribution in [0.2, 0.25) is 0 Å². The zero-order valence-electron chi connectivity index (χ0n) is 25.2. The van der Waals surface area contributed by atoms with Gasteiger partial charge in [0.05, 0.1) is 21.2 Å². The van der Waals surface area contributed by atoms with Crippen molar-refractivity contribution in [2.24, 2.45) is 5.73 Å². The third-order valence-corrected chi connectivity index (χ3v) is 7.73. The minimum Gasteiger partial charge on any atom is -0.381 e. The molecule has 2 aromatic heterocycles. The van der Waals surface area contributed by atoms with Crippen LogP contribution in [0, 0.1) is 20.2 Å². The first-order valence-corrected chi connectivity index (χ1v) is 14.7. The molecule has 0 spiro atoms. The number of hydrogen-bond acceptors (Lipinski definition) is 15. The van der Waals surface area contributed by atoms with E-state index in [1.54, 1.807) is 12.1 Å². The number of hydrogen-bond donors (Lipinski definition) is 2. The number of non-ortho nitro benzene ring substituents is 2. The first-order valence-electron chi connectivity index (χ1n) is 14.7. The van der Waals surface area contributed by atoms with E-state index in [1.807, 2.05) is 0 Å². The Morgan fingerprint density at radius 2 is 1.48 bits per heavy atom. The summed E-state index contributed by atoms with van der Waals surface area (Å²) in [5.74, 6) is 0. The average Bonchev–Trinajstić information content (AvgIpc) is 3.71. The Bertz CT molecular complexity index is 1530. The molecule has 0 radical (unpaired) electrons. The number of nitrogens with two attached hydrogens (primary N) is 1. The van der Waals surface area contributed by atoms with E-state index in [-0.39, 0.29) is 28.5 Å². The topological polar surface area (TPSA) is 212 Å². The first-order chi connectivity index (χ1) is 21.3. The minimum absolute atomic E-state index is 0.0863. The highest BCUT2D eigenvalue weighted by Crippen LogP contribution is 2.32. The van der Waals surface area contributed by atoms with Gasteiger partial charge in [-0.2, -0.15) is 0 Å². The molecule has 1 saturated heterocycles. The average molecular weight is 614 g/mol. The lowest BCUT2D eigenvalue weighted by molar-refractivity contribution is -0.383. The number of aromatic nitrogens is 4. The number of benzene rings is 2. The zero-order valence-corrected chi connectivity index (χ0v) is 25.2. The van der Waals surface area contributed by atoms with Crippen molar-refractivity contribution in [2.75, 3.05) is 69.1 Å². The van der Waals surface area contributed by atoms with Gasteiger partial charge >= 0.3 is 11.4 Å². The fraction of sp³-hybridized carbons (Fsp3) is 0.556. The fourth-order valence-corrected chi connectivity index (χ4v) is 5.25. The lowest BCUT2D eigenvalue weighted by Crippen LogP contribution is -2.47. The van der Waals surface area contributed by atoms with Crippen LogP contribution in [0.15, 0.2) is 33.5 Å². The van der Waals surface area contributed by atoms with Crippen LogP contribution in [0.5, 0.6) is 0 Å². The lowest BCUT2D eigenvalue weighted by atomic mass is 10.1. The van der Waals surface area contributed by atoms with E-state index in [0.29, 0.717) is 23.3 Å². The van der Waals surface area contributed by atoms with Crippen molar-refractivity contribution in [2.45, 2.75) is 39.7 Å². The van der Waals surface area contributed by atoms with Gasteiger partial charge in [-0.3, -0.25) is 25.1 Å². The van der Waals surface area contributed by atoms with Crippen LogP contribution >= 0.6 is 0 Å². The predicted octanol–water partition coefficient (Wildman–Crippen LogP) is 3.27. The van der Waals surface area contributed by atoms with Gasteiger partial charge in [-0.25, -0.2) is 9.26 Å². The largest absolute Gasteiger partial charge is 0.381 e. The summed E-state index contributed by atoms with van der Waals surface area (Å²) < 4.78 is 9.36. The Labute approximate surface area is 253 Å². The van der Waals surface area contributed by atoms with Gasteiger partial charge in [0.2, 0.25) is 11.0 Å². The van der Waals surface area contributed by atoms with Gasteiger partial charge in [-0.05, 0) is 72.2 Å². The van der Waals surface area contributed by atoms with E-state index in [9.17, 15) is 20.2 Å². The van der Waals surface area contributed by atoms with Gasteiger partial charge in [-0.15, -0.1) is 0 Å². The maximum Gasteiger partial charge on any atom is 0.300 e. The molecule has 2 aromatic carbocycles. The number of rotatable bonds is 13. The SMILES string of the molecule is CCN(CC)CCCC(C)Nc1ccc([N+](=O)[O-])c2nonc12.NCCN1CCN(c2ccc([N+](=O)[O-])c3nonc23)CC1. The molecule has 5 rings (SSSR count). The molecular weight excluding hydrogens is 574 g/mol. The smallest absolute Gasteiger partial charge is 0.300 e. The molecule has 1 atom stereocenters. The molecule has 1 unspecified atom stereocenters. The number of piperazine rings is 1. The third kappa shape index (κ3) is 7.72. The molecule has 1 aliphatic rings. The van der Waals surface area contributed by atoms with Crippen molar-refractivity contribution < 1.29 is 19.1 Å². The maximum absolute atomic E-state index is 11.0. The molecule has 44 heavy (non-hydrogen) atoms. The van der Waals surface area contributed by atoms with Gasteiger partial charge in [0.25, 0.3) is 0 Å². The van der Waals surface area contributed by atoms with Gasteiger partial charge in [0.1, 0.15) is 0 Å². The highest BCUT2D eigenvalue weighted by atomic mass is 16.6. The molecular formula is C27H39N11O6. The van der Waals surface area contributed by atoms with Gasteiger partial charge < -0.3 is 20.9 Å².